The molecule has 0 atom stereocenters. The third kappa shape index (κ3) is 3.99. The van der Waals surface area contributed by atoms with Crippen molar-refractivity contribution in [1.82, 2.24) is 0 Å². The van der Waals surface area contributed by atoms with Crippen LogP contribution in [0.4, 0.5) is 4.39 Å². The van der Waals surface area contributed by atoms with E-state index in [1.165, 1.54) is 6.08 Å². The van der Waals surface area contributed by atoms with Gasteiger partial charge in [-0.3, -0.25) is 0 Å². The highest BCUT2D eigenvalue weighted by Gasteiger charge is 2.05. The zero-order valence-electron chi connectivity index (χ0n) is 6.82. The summed E-state index contributed by atoms with van der Waals surface area (Å²) in [6, 6.07) is 0. The van der Waals surface area contributed by atoms with Crippen LogP contribution < -0.4 is 0 Å². The van der Waals surface area contributed by atoms with Gasteiger partial charge in [0.25, 0.3) is 0 Å². The minimum Gasteiger partial charge on any atom is -0.207 e. The fourth-order valence-corrected chi connectivity index (χ4v) is 0.602. The zero-order chi connectivity index (χ0) is 9.02. The van der Waals surface area contributed by atoms with Gasteiger partial charge in [0.1, 0.15) is 5.83 Å². The molecule has 0 amide bonds. The van der Waals surface area contributed by atoms with Gasteiger partial charge in [0.2, 0.25) is 0 Å². The Morgan fingerprint density at radius 1 is 1.45 bits per heavy atom. The van der Waals surface area contributed by atoms with Crippen molar-refractivity contribution in [3.8, 4) is 0 Å². The minimum absolute atomic E-state index is 0.0993. The van der Waals surface area contributed by atoms with Crippen LogP contribution >= 0.6 is 11.6 Å². The highest BCUT2D eigenvalue weighted by molar-refractivity contribution is 6.30. The molecule has 0 N–H and O–H groups in total. The van der Waals surface area contributed by atoms with Gasteiger partial charge in [-0.1, -0.05) is 38.6 Å². The van der Waals surface area contributed by atoms with Gasteiger partial charge in [-0.2, -0.15) is 0 Å². The van der Waals surface area contributed by atoms with E-state index in [0.717, 1.165) is 0 Å². The molecular formula is C9H12ClF. The Hall–Kier alpha value is -0.560. The molecule has 0 saturated carbocycles. The summed E-state index contributed by atoms with van der Waals surface area (Å²) in [6.45, 7) is 10.6. The van der Waals surface area contributed by atoms with Crippen molar-refractivity contribution >= 4 is 11.6 Å². The first kappa shape index (κ1) is 10.4. The van der Waals surface area contributed by atoms with Crippen LogP contribution in [-0.4, -0.2) is 0 Å². The average Bonchev–Trinajstić information content (AvgIpc) is 1.84. The van der Waals surface area contributed by atoms with Crippen LogP contribution in [-0.2, 0) is 0 Å². The Morgan fingerprint density at radius 2 is 1.91 bits per heavy atom. The van der Waals surface area contributed by atoms with Gasteiger partial charge in [-0.15, -0.1) is 0 Å². The molecule has 0 aliphatic rings. The number of allylic oxidation sites excluding steroid dienone is 4. The lowest BCUT2D eigenvalue weighted by atomic mass is 10.0. The number of halogens is 2. The van der Waals surface area contributed by atoms with Crippen molar-refractivity contribution in [1.29, 1.82) is 0 Å². The Bertz CT molecular complexity index is 202. The maximum absolute atomic E-state index is 12.9. The highest BCUT2D eigenvalue weighted by Crippen LogP contribution is 2.20. The maximum atomic E-state index is 12.9. The summed E-state index contributed by atoms with van der Waals surface area (Å²) in [5, 5.41) is 0.185. The van der Waals surface area contributed by atoms with Crippen LogP contribution in [0.25, 0.3) is 0 Å². The molecule has 0 saturated heterocycles. The summed E-state index contributed by atoms with van der Waals surface area (Å²) in [7, 11) is 0. The van der Waals surface area contributed by atoms with Gasteiger partial charge in [0, 0.05) is 5.03 Å². The minimum atomic E-state index is -0.389. The second kappa shape index (κ2) is 4.35. The number of rotatable bonds is 3. The van der Waals surface area contributed by atoms with E-state index in [9.17, 15) is 4.39 Å². The largest absolute Gasteiger partial charge is 0.207 e. The topological polar surface area (TPSA) is 0 Å². The van der Waals surface area contributed by atoms with E-state index in [1.54, 1.807) is 0 Å². The molecule has 0 aliphatic carbocycles. The monoisotopic (exact) mass is 174 g/mol. The lowest BCUT2D eigenvalue weighted by Crippen LogP contribution is -1.92. The van der Waals surface area contributed by atoms with Crippen LogP contribution in [0.1, 0.15) is 13.8 Å². The zero-order valence-corrected chi connectivity index (χ0v) is 7.58. The fourth-order valence-electron chi connectivity index (χ4n) is 0.506. The first-order chi connectivity index (χ1) is 4.95. The molecule has 0 heterocycles. The molecule has 0 fully saturated rings. The fraction of sp³-hybridized carbons (Fsp3) is 0.333. The van der Waals surface area contributed by atoms with Gasteiger partial charge in [-0.05, 0) is 17.6 Å². The Morgan fingerprint density at radius 3 is 2.18 bits per heavy atom. The van der Waals surface area contributed by atoms with E-state index >= 15 is 0 Å². The molecule has 0 aromatic rings. The SMILES string of the molecule is C=C(Cl)/C=C(/F)C(=C)C(C)C. The van der Waals surface area contributed by atoms with Crippen molar-refractivity contribution in [2.24, 2.45) is 5.92 Å². The quantitative estimate of drug-likeness (QED) is 0.571. The summed E-state index contributed by atoms with van der Waals surface area (Å²) >= 11 is 5.37. The van der Waals surface area contributed by atoms with Crippen LogP contribution in [0.2, 0.25) is 0 Å². The van der Waals surface area contributed by atoms with Crippen LogP contribution in [0.3, 0.4) is 0 Å². The molecule has 0 spiro atoms. The summed E-state index contributed by atoms with van der Waals surface area (Å²) in [5.74, 6) is -0.290. The molecule has 0 aliphatic heterocycles. The van der Waals surface area contributed by atoms with E-state index in [2.05, 4.69) is 13.2 Å². The van der Waals surface area contributed by atoms with E-state index < -0.39 is 0 Å². The normalized spacial score (nSPS) is 11.9. The van der Waals surface area contributed by atoms with Gasteiger partial charge >= 0.3 is 0 Å². The Balaban J connectivity index is 4.36. The Labute approximate surface area is 72.1 Å². The average molecular weight is 175 g/mol. The molecule has 0 aromatic heterocycles. The Kier molecular flexibility index (Phi) is 4.12. The molecular weight excluding hydrogens is 163 g/mol. The summed E-state index contributed by atoms with van der Waals surface area (Å²) < 4.78 is 12.9. The number of hydrogen-bond donors (Lipinski definition) is 0. The molecule has 0 radical (unpaired) electrons. The van der Waals surface area contributed by atoms with Gasteiger partial charge in [0.05, 0.1) is 0 Å². The molecule has 62 valence electrons. The van der Waals surface area contributed by atoms with Gasteiger partial charge in [0.15, 0.2) is 0 Å². The molecule has 0 aromatic carbocycles. The van der Waals surface area contributed by atoms with E-state index in [1.807, 2.05) is 13.8 Å². The van der Waals surface area contributed by atoms with Crippen molar-refractivity contribution in [3.63, 3.8) is 0 Å². The highest BCUT2D eigenvalue weighted by atomic mass is 35.5. The smallest absolute Gasteiger partial charge is 0.127 e. The molecule has 0 bridgehead atoms. The second-order valence-electron chi connectivity index (χ2n) is 2.62. The summed E-state index contributed by atoms with van der Waals surface area (Å²) in [5.41, 5.74) is 0.451. The maximum Gasteiger partial charge on any atom is 0.127 e. The molecule has 0 rings (SSSR count). The van der Waals surface area contributed by atoms with E-state index in [4.69, 9.17) is 11.6 Å². The van der Waals surface area contributed by atoms with Crippen molar-refractivity contribution in [2.45, 2.75) is 13.8 Å². The van der Waals surface area contributed by atoms with Gasteiger partial charge in [-0.25, -0.2) is 4.39 Å². The lowest BCUT2D eigenvalue weighted by molar-refractivity contribution is 0.610. The predicted molar refractivity (Wildman–Crippen MR) is 48.2 cm³/mol. The van der Waals surface area contributed by atoms with E-state index in [-0.39, 0.29) is 16.8 Å². The predicted octanol–water partition coefficient (Wildman–Crippen LogP) is 3.80. The first-order valence-electron chi connectivity index (χ1n) is 3.36. The lowest BCUT2D eigenvalue weighted by Gasteiger charge is -2.05. The molecule has 0 nitrogen and oxygen atoms in total. The third-order valence-electron chi connectivity index (χ3n) is 1.29. The van der Waals surface area contributed by atoms with Crippen LogP contribution in [0, 0.1) is 5.92 Å². The molecule has 0 unspecified atom stereocenters. The second-order valence-corrected chi connectivity index (χ2v) is 3.10. The van der Waals surface area contributed by atoms with E-state index in [0.29, 0.717) is 5.57 Å². The standard InChI is InChI=1S/C9H12ClF/c1-6(2)8(4)9(11)5-7(3)10/h5-6H,3-4H2,1-2H3/b9-5+. The van der Waals surface area contributed by atoms with Crippen LogP contribution in [0.5, 0.6) is 0 Å². The van der Waals surface area contributed by atoms with Crippen molar-refractivity contribution < 1.29 is 4.39 Å². The molecule has 2 heteroatoms. The van der Waals surface area contributed by atoms with Gasteiger partial charge < -0.3 is 0 Å². The third-order valence-corrected chi connectivity index (χ3v) is 1.40. The van der Waals surface area contributed by atoms with Crippen molar-refractivity contribution in [2.75, 3.05) is 0 Å². The van der Waals surface area contributed by atoms with Crippen LogP contribution in [0.15, 0.2) is 35.7 Å². The summed E-state index contributed by atoms with van der Waals surface area (Å²) in [6.07, 6.45) is 1.17. The van der Waals surface area contributed by atoms with Crippen molar-refractivity contribution in [3.05, 3.63) is 35.7 Å². The number of hydrogen-bond acceptors (Lipinski definition) is 0. The first-order valence-corrected chi connectivity index (χ1v) is 3.73. The molecule has 11 heavy (non-hydrogen) atoms. The summed E-state index contributed by atoms with van der Waals surface area (Å²) in [4.78, 5) is 0.